The quantitative estimate of drug-likeness (QED) is 0.583. The second-order valence-electron chi connectivity index (χ2n) is 5.61. The van der Waals surface area contributed by atoms with E-state index in [0.717, 1.165) is 29.3 Å². The molecule has 2 rings (SSSR count). The van der Waals surface area contributed by atoms with Gasteiger partial charge < -0.3 is 10.6 Å². The van der Waals surface area contributed by atoms with Crippen molar-refractivity contribution >= 4 is 33.4 Å². The van der Waals surface area contributed by atoms with E-state index in [-0.39, 0.29) is 0 Å². The first-order valence-corrected chi connectivity index (χ1v) is 8.75. The molecular formula is C19H21BrN2O2. The van der Waals surface area contributed by atoms with Gasteiger partial charge in [0.25, 0.3) is 0 Å². The molecule has 0 heterocycles. The standard InChI is InChI=1S/C19H21BrN2O2/c1-14-13-16(20)10-11-17(14)22-19(24)18(23)21-12-6-5-9-15-7-3-2-4-8-15/h2-4,7-8,10-11,13H,5-6,9,12H2,1H3,(H,21,23)(H,22,24). The van der Waals surface area contributed by atoms with Crippen molar-refractivity contribution in [2.75, 3.05) is 11.9 Å². The predicted molar refractivity (Wildman–Crippen MR) is 99.9 cm³/mol. The van der Waals surface area contributed by atoms with Crippen LogP contribution in [-0.4, -0.2) is 18.4 Å². The fraction of sp³-hybridized carbons (Fsp3) is 0.263. The maximum Gasteiger partial charge on any atom is 0.313 e. The summed E-state index contributed by atoms with van der Waals surface area (Å²) in [5, 5.41) is 5.29. The lowest BCUT2D eigenvalue weighted by molar-refractivity contribution is -0.136. The Morgan fingerprint density at radius 3 is 2.46 bits per heavy atom. The van der Waals surface area contributed by atoms with Crippen molar-refractivity contribution in [3.8, 4) is 0 Å². The molecule has 0 bridgehead atoms. The Morgan fingerprint density at radius 1 is 1.00 bits per heavy atom. The third-order valence-electron chi connectivity index (χ3n) is 3.66. The van der Waals surface area contributed by atoms with E-state index in [1.807, 2.05) is 37.3 Å². The van der Waals surface area contributed by atoms with Crippen LogP contribution in [0, 0.1) is 6.92 Å². The monoisotopic (exact) mass is 388 g/mol. The number of hydrogen-bond acceptors (Lipinski definition) is 2. The van der Waals surface area contributed by atoms with Crippen LogP contribution in [0.15, 0.2) is 53.0 Å². The minimum absolute atomic E-state index is 0.498. The van der Waals surface area contributed by atoms with Crippen LogP contribution in [0.5, 0.6) is 0 Å². The summed E-state index contributed by atoms with van der Waals surface area (Å²) >= 11 is 3.37. The molecule has 0 atom stereocenters. The lowest BCUT2D eigenvalue weighted by Gasteiger charge is -2.09. The van der Waals surface area contributed by atoms with Crippen molar-refractivity contribution < 1.29 is 9.59 Å². The van der Waals surface area contributed by atoms with E-state index in [4.69, 9.17) is 0 Å². The highest BCUT2D eigenvalue weighted by Crippen LogP contribution is 2.19. The van der Waals surface area contributed by atoms with Crippen LogP contribution in [0.25, 0.3) is 0 Å². The maximum atomic E-state index is 11.9. The molecule has 2 amide bonds. The highest BCUT2D eigenvalue weighted by molar-refractivity contribution is 9.10. The highest BCUT2D eigenvalue weighted by atomic mass is 79.9. The van der Waals surface area contributed by atoms with Gasteiger partial charge in [-0.25, -0.2) is 0 Å². The van der Waals surface area contributed by atoms with E-state index >= 15 is 0 Å². The first kappa shape index (κ1) is 18.2. The molecule has 0 fully saturated rings. The molecule has 2 N–H and O–H groups in total. The van der Waals surface area contributed by atoms with Gasteiger partial charge in [-0.1, -0.05) is 46.3 Å². The topological polar surface area (TPSA) is 58.2 Å². The number of amides is 2. The average molecular weight is 389 g/mol. The van der Waals surface area contributed by atoms with Gasteiger partial charge in [0.15, 0.2) is 0 Å². The molecule has 0 spiro atoms. The fourth-order valence-electron chi connectivity index (χ4n) is 2.33. The SMILES string of the molecule is Cc1cc(Br)ccc1NC(=O)C(=O)NCCCCc1ccccc1. The van der Waals surface area contributed by atoms with Crippen molar-refractivity contribution in [1.29, 1.82) is 0 Å². The Labute approximate surface area is 150 Å². The summed E-state index contributed by atoms with van der Waals surface area (Å²) in [6.45, 7) is 2.38. The molecule has 5 heteroatoms. The Bertz CT molecular complexity index is 702. The number of hydrogen-bond donors (Lipinski definition) is 2. The molecule has 0 saturated heterocycles. The number of anilines is 1. The Balaban J connectivity index is 1.69. The predicted octanol–water partition coefficient (Wildman–Crippen LogP) is 3.84. The van der Waals surface area contributed by atoms with E-state index in [9.17, 15) is 9.59 Å². The van der Waals surface area contributed by atoms with Crippen molar-refractivity contribution in [2.45, 2.75) is 26.2 Å². The number of rotatable bonds is 6. The summed E-state index contributed by atoms with van der Waals surface area (Å²) in [6, 6.07) is 15.7. The van der Waals surface area contributed by atoms with E-state index in [1.165, 1.54) is 5.56 Å². The van der Waals surface area contributed by atoms with Gasteiger partial charge in [-0.2, -0.15) is 0 Å². The summed E-state index contributed by atoms with van der Waals surface area (Å²) in [6.07, 6.45) is 2.78. The third kappa shape index (κ3) is 5.81. The second-order valence-corrected chi connectivity index (χ2v) is 6.53. The molecular weight excluding hydrogens is 368 g/mol. The van der Waals surface area contributed by atoms with Crippen LogP contribution < -0.4 is 10.6 Å². The van der Waals surface area contributed by atoms with Crippen LogP contribution in [0.4, 0.5) is 5.69 Å². The first-order valence-electron chi connectivity index (χ1n) is 7.95. The van der Waals surface area contributed by atoms with E-state index in [0.29, 0.717) is 12.2 Å². The molecule has 0 aromatic heterocycles. The zero-order valence-corrected chi connectivity index (χ0v) is 15.2. The average Bonchev–Trinajstić information content (AvgIpc) is 2.57. The molecule has 2 aromatic rings. The number of aryl methyl sites for hydroxylation is 2. The number of halogens is 1. The fourth-order valence-corrected chi connectivity index (χ4v) is 2.80. The molecule has 0 aliphatic heterocycles. The number of unbranched alkanes of at least 4 members (excludes halogenated alkanes) is 1. The Hall–Kier alpha value is -2.14. The van der Waals surface area contributed by atoms with Gasteiger partial charge >= 0.3 is 11.8 Å². The first-order chi connectivity index (χ1) is 11.6. The lowest BCUT2D eigenvalue weighted by Crippen LogP contribution is -2.36. The van der Waals surface area contributed by atoms with Crippen LogP contribution in [0.2, 0.25) is 0 Å². The lowest BCUT2D eigenvalue weighted by atomic mass is 10.1. The molecule has 0 aliphatic rings. The zero-order chi connectivity index (χ0) is 17.4. The normalized spacial score (nSPS) is 10.2. The minimum atomic E-state index is -0.636. The number of carbonyl (C=O) groups is 2. The highest BCUT2D eigenvalue weighted by Gasteiger charge is 2.13. The molecule has 0 aliphatic carbocycles. The molecule has 24 heavy (non-hydrogen) atoms. The van der Waals surface area contributed by atoms with Gasteiger partial charge in [-0.15, -0.1) is 0 Å². The largest absolute Gasteiger partial charge is 0.348 e. The van der Waals surface area contributed by atoms with Crippen LogP contribution in [0.1, 0.15) is 24.0 Å². The second kappa shape index (κ2) is 9.23. The Kier molecular flexibility index (Phi) is 7.00. The van der Waals surface area contributed by atoms with E-state index < -0.39 is 11.8 Å². The van der Waals surface area contributed by atoms with Gasteiger partial charge in [-0.05, 0) is 55.5 Å². The van der Waals surface area contributed by atoms with Gasteiger partial charge in [0.1, 0.15) is 0 Å². The minimum Gasteiger partial charge on any atom is -0.348 e. The molecule has 126 valence electrons. The molecule has 2 aromatic carbocycles. The van der Waals surface area contributed by atoms with Gasteiger partial charge in [0.05, 0.1) is 0 Å². The van der Waals surface area contributed by atoms with Crippen molar-refractivity contribution in [1.82, 2.24) is 5.32 Å². The molecule has 0 saturated carbocycles. The number of benzene rings is 2. The molecule has 4 nitrogen and oxygen atoms in total. The van der Waals surface area contributed by atoms with Crippen molar-refractivity contribution in [3.05, 3.63) is 64.1 Å². The number of carbonyl (C=O) groups excluding carboxylic acids is 2. The summed E-state index contributed by atoms with van der Waals surface area (Å²) < 4.78 is 0.931. The molecule has 0 radical (unpaired) electrons. The van der Waals surface area contributed by atoms with Crippen LogP contribution in [-0.2, 0) is 16.0 Å². The zero-order valence-electron chi connectivity index (χ0n) is 13.6. The number of nitrogens with one attached hydrogen (secondary N) is 2. The van der Waals surface area contributed by atoms with Crippen molar-refractivity contribution in [3.63, 3.8) is 0 Å². The summed E-state index contributed by atoms with van der Waals surface area (Å²) in [7, 11) is 0. The maximum absolute atomic E-state index is 11.9. The van der Waals surface area contributed by atoms with Gasteiger partial charge in [0, 0.05) is 16.7 Å². The van der Waals surface area contributed by atoms with E-state index in [1.54, 1.807) is 6.07 Å². The van der Waals surface area contributed by atoms with Gasteiger partial charge in [-0.3, -0.25) is 9.59 Å². The molecule has 0 unspecified atom stereocenters. The van der Waals surface area contributed by atoms with E-state index in [2.05, 4.69) is 38.7 Å². The summed E-state index contributed by atoms with van der Waals surface area (Å²) in [5.74, 6) is -1.24. The summed E-state index contributed by atoms with van der Waals surface area (Å²) in [5.41, 5.74) is 2.82. The van der Waals surface area contributed by atoms with Crippen LogP contribution in [0.3, 0.4) is 0 Å². The van der Waals surface area contributed by atoms with Gasteiger partial charge in [0.2, 0.25) is 0 Å². The van der Waals surface area contributed by atoms with Crippen molar-refractivity contribution in [2.24, 2.45) is 0 Å². The third-order valence-corrected chi connectivity index (χ3v) is 4.16. The summed E-state index contributed by atoms with van der Waals surface area (Å²) in [4.78, 5) is 23.7. The van der Waals surface area contributed by atoms with Crippen LogP contribution >= 0.6 is 15.9 Å². The smallest absolute Gasteiger partial charge is 0.313 e. The Morgan fingerprint density at radius 2 is 1.75 bits per heavy atom.